The zero-order chi connectivity index (χ0) is 12.3. The topological polar surface area (TPSA) is 3.24 Å². The van der Waals surface area contributed by atoms with Gasteiger partial charge in [0.15, 0.2) is 0 Å². The minimum absolute atomic E-state index is 0.0519. The van der Waals surface area contributed by atoms with Gasteiger partial charge in [0.05, 0.1) is 0 Å². The fraction of sp³-hybridized carbons (Fsp3) is 0.385. The normalized spacial score (nSPS) is 21.7. The third kappa shape index (κ3) is 3.09. The van der Waals surface area contributed by atoms with E-state index in [0.29, 0.717) is 13.1 Å². The molecule has 0 N–H and O–H groups in total. The Hall–Kier alpha value is -1.29. The zero-order valence-electron chi connectivity index (χ0n) is 9.32. The second-order valence-corrected chi connectivity index (χ2v) is 4.18. The maximum Gasteiger partial charge on any atom is 0.404 e. The lowest BCUT2D eigenvalue weighted by molar-refractivity contribution is -0.184. The van der Waals surface area contributed by atoms with Crippen LogP contribution in [-0.2, 0) is 6.54 Å². The standard InChI is InChI=1S/C13H14F3N/c14-13(15,16)12-8-4-5-9-17(12)10-11-6-2-1-3-7-11/h1-7,12H,8-10H2. The Bertz CT molecular complexity index is 383. The molecule has 1 aromatic rings. The SMILES string of the molecule is FC(F)(F)C1CC=CCN1Cc1ccccc1. The van der Waals surface area contributed by atoms with E-state index in [4.69, 9.17) is 0 Å². The Labute approximate surface area is 98.5 Å². The molecule has 0 spiro atoms. The summed E-state index contributed by atoms with van der Waals surface area (Å²) in [5.74, 6) is 0. The second-order valence-electron chi connectivity index (χ2n) is 4.18. The van der Waals surface area contributed by atoms with Crippen LogP contribution in [0.2, 0.25) is 0 Å². The molecule has 0 amide bonds. The van der Waals surface area contributed by atoms with Gasteiger partial charge >= 0.3 is 6.18 Å². The van der Waals surface area contributed by atoms with E-state index in [9.17, 15) is 13.2 Å². The van der Waals surface area contributed by atoms with E-state index in [1.54, 1.807) is 12.2 Å². The monoisotopic (exact) mass is 241 g/mol. The quantitative estimate of drug-likeness (QED) is 0.717. The molecule has 0 fully saturated rings. The first-order valence-electron chi connectivity index (χ1n) is 5.57. The van der Waals surface area contributed by atoms with E-state index in [0.717, 1.165) is 5.56 Å². The molecule has 1 nitrogen and oxygen atoms in total. The van der Waals surface area contributed by atoms with Gasteiger partial charge in [-0.2, -0.15) is 13.2 Å². The van der Waals surface area contributed by atoms with Crippen LogP contribution in [0.25, 0.3) is 0 Å². The van der Waals surface area contributed by atoms with Gasteiger partial charge in [0.25, 0.3) is 0 Å². The Balaban J connectivity index is 2.11. The van der Waals surface area contributed by atoms with Gasteiger partial charge in [-0.15, -0.1) is 0 Å². The average Bonchev–Trinajstić information content (AvgIpc) is 2.30. The number of hydrogen-bond acceptors (Lipinski definition) is 1. The Morgan fingerprint density at radius 1 is 1.12 bits per heavy atom. The zero-order valence-corrected chi connectivity index (χ0v) is 9.32. The molecule has 2 rings (SSSR count). The molecule has 0 aromatic heterocycles. The van der Waals surface area contributed by atoms with Gasteiger partial charge in [0.1, 0.15) is 6.04 Å². The average molecular weight is 241 g/mol. The largest absolute Gasteiger partial charge is 0.404 e. The van der Waals surface area contributed by atoms with E-state index in [1.165, 1.54) is 4.90 Å². The molecule has 0 bridgehead atoms. The second kappa shape index (κ2) is 4.92. The molecule has 1 heterocycles. The van der Waals surface area contributed by atoms with Gasteiger partial charge in [0, 0.05) is 13.1 Å². The van der Waals surface area contributed by atoms with Crippen LogP contribution in [0.5, 0.6) is 0 Å². The third-order valence-corrected chi connectivity index (χ3v) is 2.91. The summed E-state index contributed by atoms with van der Waals surface area (Å²) in [5.41, 5.74) is 0.914. The van der Waals surface area contributed by atoms with Crippen molar-refractivity contribution < 1.29 is 13.2 Å². The molecule has 1 unspecified atom stereocenters. The first-order valence-corrected chi connectivity index (χ1v) is 5.57. The van der Waals surface area contributed by atoms with Gasteiger partial charge in [-0.1, -0.05) is 42.5 Å². The van der Waals surface area contributed by atoms with Gasteiger partial charge in [-0.25, -0.2) is 0 Å². The lowest BCUT2D eigenvalue weighted by atomic mass is 10.1. The summed E-state index contributed by atoms with van der Waals surface area (Å²) >= 11 is 0. The van der Waals surface area contributed by atoms with Crippen LogP contribution < -0.4 is 0 Å². The molecule has 1 aliphatic heterocycles. The highest BCUT2D eigenvalue weighted by Crippen LogP contribution is 2.30. The third-order valence-electron chi connectivity index (χ3n) is 2.91. The Kier molecular flexibility index (Phi) is 3.52. The highest BCUT2D eigenvalue weighted by Gasteiger charge is 2.43. The van der Waals surface area contributed by atoms with Crippen molar-refractivity contribution in [1.82, 2.24) is 4.90 Å². The molecule has 0 aliphatic carbocycles. The van der Waals surface area contributed by atoms with Crippen molar-refractivity contribution in [2.24, 2.45) is 0 Å². The predicted molar refractivity (Wildman–Crippen MR) is 60.5 cm³/mol. The van der Waals surface area contributed by atoms with E-state index in [2.05, 4.69) is 0 Å². The van der Waals surface area contributed by atoms with Crippen LogP contribution in [0.1, 0.15) is 12.0 Å². The van der Waals surface area contributed by atoms with E-state index < -0.39 is 12.2 Å². The number of halogens is 3. The molecular weight excluding hydrogens is 227 g/mol. The lowest BCUT2D eigenvalue weighted by Crippen LogP contribution is -2.46. The van der Waals surface area contributed by atoms with Crippen molar-refractivity contribution in [3.8, 4) is 0 Å². The molecule has 1 aromatic carbocycles. The maximum atomic E-state index is 12.8. The summed E-state index contributed by atoms with van der Waals surface area (Å²) in [6.07, 6.45) is -0.694. The van der Waals surface area contributed by atoms with Crippen molar-refractivity contribution in [2.75, 3.05) is 6.54 Å². The van der Waals surface area contributed by atoms with Crippen molar-refractivity contribution in [2.45, 2.75) is 25.2 Å². The summed E-state index contributed by atoms with van der Waals surface area (Å²) in [7, 11) is 0. The Morgan fingerprint density at radius 2 is 1.82 bits per heavy atom. The molecule has 92 valence electrons. The minimum Gasteiger partial charge on any atom is -0.284 e. The summed E-state index contributed by atoms with van der Waals surface area (Å²) in [6, 6.07) is 7.90. The number of nitrogens with zero attached hydrogens (tertiary/aromatic N) is 1. The molecule has 1 atom stereocenters. The van der Waals surface area contributed by atoms with Crippen LogP contribution in [0.15, 0.2) is 42.5 Å². The van der Waals surface area contributed by atoms with Crippen LogP contribution >= 0.6 is 0 Å². The molecule has 0 radical (unpaired) electrons. The number of alkyl halides is 3. The number of hydrogen-bond donors (Lipinski definition) is 0. The highest BCUT2D eigenvalue weighted by atomic mass is 19.4. The van der Waals surface area contributed by atoms with Crippen LogP contribution in [0, 0.1) is 0 Å². The fourth-order valence-electron chi connectivity index (χ4n) is 2.04. The van der Waals surface area contributed by atoms with E-state index in [1.807, 2.05) is 30.3 Å². The van der Waals surface area contributed by atoms with Gasteiger partial charge in [-0.3, -0.25) is 4.90 Å². The van der Waals surface area contributed by atoms with Crippen LogP contribution in [-0.4, -0.2) is 23.7 Å². The Morgan fingerprint density at radius 3 is 2.47 bits per heavy atom. The summed E-state index contributed by atoms with van der Waals surface area (Å²) in [5, 5.41) is 0. The smallest absolute Gasteiger partial charge is 0.284 e. The minimum atomic E-state index is -4.15. The molecule has 4 heteroatoms. The number of benzene rings is 1. The van der Waals surface area contributed by atoms with Crippen molar-refractivity contribution in [3.05, 3.63) is 48.0 Å². The van der Waals surface area contributed by atoms with Crippen molar-refractivity contribution in [1.29, 1.82) is 0 Å². The number of rotatable bonds is 2. The maximum absolute atomic E-state index is 12.8. The highest BCUT2D eigenvalue weighted by molar-refractivity contribution is 5.15. The van der Waals surface area contributed by atoms with Crippen molar-refractivity contribution in [3.63, 3.8) is 0 Å². The molecular formula is C13H14F3N. The lowest BCUT2D eigenvalue weighted by Gasteiger charge is -2.34. The predicted octanol–water partition coefficient (Wildman–Crippen LogP) is 3.38. The fourth-order valence-corrected chi connectivity index (χ4v) is 2.04. The first kappa shape index (κ1) is 12.2. The molecule has 0 saturated heterocycles. The molecule has 0 saturated carbocycles. The first-order chi connectivity index (χ1) is 8.07. The van der Waals surface area contributed by atoms with Gasteiger partial charge in [0.2, 0.25) is 0 Å². The molecule has 1 aliphatic rings. The van der Waals surface area contributed by atoms with Crippen LogP contribution in [0.3, 0.4) is 0 Å². The van der Waals surface area contributed by atoms with Crippen LogP contribution in [0.4, 0.5) is 13.2 Å². The van der Waals surface area contributed by atoms with E-state index >= 15 is 0 Å². The van der Waals surface area contributed by atoms with Gasteiger partial charge < -0.3 is 0 Å². The summed E-state index contributed by atoms with van der Waals surface area (Å²) < 4.78 is 38.5. The van der Waals surface area contributed by atoms with Crippen molar-refractivity contribution >= 4 is 0 Å². The van der Waals surface area contributed by atoms with Gasteiger partial charge in [-0.05, 0) is 12.0 Å². The van der Waals surface area contributed by atoms with E-state index in [-0.39, 0.29) is 6.42 Å². The molecule has 17 heavy (non-hydrogen) atoms. The summed E-state index contributed by atoms with van der Waals surface area (Å²) in [6.45, 7) is 0.703. The summed E-state index contributed by atoms with van der Waals surface area (Å²) in [4.78, 5) is 1.47.